The molecule has 1 aromatic carbocycles. The van der Waals surface area contributed by atoms with Crippen LogP contribution in [0.25, 0.3) is 0 Å². The molecule has 1 rings (SSSR count). The first-order chi connectivity index (χ1) is 8.90. The van der Waals surface area contributed by atoms with Crippen LogP contribution in [0.3, 0.4) is 0 Å². The lowest BCUT2D eigenvalue weighted by Gasteiger charge is -2.23. The Bertz CT molecular complexity index is 546. The van der Waals surface area contributed by atoms with Gasteiger partial charge in [0.25, 0.3) is 0 Å². The minimum atomic E-state index is -3.38. The van der Waals surface area contributed by atoms with Crippen LogP contribution in [0.2, 0.25) is 0 Å². The molecule has 0 saturated carbocycles. The fourth-order valence-electron chi connectivity index (χ4n) is 1.61. The minimum absolute atomic E-state index is 0.0801. The maximum atomic E-state index is 12.2. The Morgan fingerprint density at radius 1 is 1.37 bits per heavy atom. The van der Waals surface area contributed by atoms with Gasteiger partial charge in [-0.15, -0.1) is 0 Å². The summed E-state index contributed by atoms with van der Waals surface area (Å²) in [5.74, 6) is -0.0801. The first kappa shape index (κ1) is 15.6. The molecule has 0 N–H and O–H groups in total. The van der Waals surface area contributed by atoms with Crippen molar-refractivity contribution < 1.29 is 13.2 Å². The van der Waals surface area contributed by atoms with E-state index in [-0.39, 0.29) is 11.8 Å². The summed E-state index contributed by atoms with van der Waals surface area (Å²) in [5, 5.41) is 8.69. The van der Waals surface area contributed by atoms with Crippen LogP contribution in [0.15, 0.2) is 24.3 Å². The van der Waals surface area contributed by atoms with Gasteiger partial charge in [-0.05, 0) is 24.6 Å². The molecular weight excluding hydrogens is 264 g/mol. The number of hydrogen-bond acceptors (Lipinski definition) is 4. The highest BCUT2D eigenvalue weighted by Gasteiger charge is 2.23. The second-order valence-electron chi connectivity index (χ2n) is 4.39. The van der Waals surface area contributed by atoms with Crippen molar-refractivity contribution in [1.82, 2.24) is 4.31 Å². The van der Waals surface area contributed by atoms with Gasteiger partial charge in [0.05, 0.1) is 24.0 Å². The summed E-state index contributed by atoms with van der Waals surface area (Å²) in [6, 6.07) is 8.33. The lowest BCUT2D eigenvalue weighted by atomic mass is 10.2. The van der Waals surface area contributed by atoms with Crippen LogP contribution in [0.4, 0.5) is 0 Å². The smallest absolute Gasteiger partial charge is 0.218 e. The molecule has 0 saturated heterocycles. The van der Waals surface area contributed by atoms with Crippen molar-refractivity contribution in [3.05, 3.63) is 35.4 Å². The van der Waals surface area contributed by atoms with Gasteiger partial charge in [-0.2, -0.15) is 9.57 Å². The summed E-state index contributed by atoms with van der Waals surface area (Å²) >= 11 is 0. The summed E-state index contributed by atoms with van der Waals surface area (Å²) < 4.78 is 30.6. The van der Waals surface area contributed by atoms with Crippen LogP contribution < -0.4 is 0 Å². The number of rotatable bonds is 6. The molecule has 104 valence electrons. The molecule has 0 spiro atoms. The quantitative estimate of drug-likeness (QED) is 0.789. The third kappa shape index (κ3) is 4.31. The molecule has 0 aliphatic rings. The van der Waals surface area contributed by atoms with Gasteiger partial charge in [0, 0.05) is 20.2 Å². The van der Waals surface area contributed by atoms with E-state index in [9.17, 15) is 8.42 Å². The van der Waals surface area contributed by atoms with Crippen LogP contribution in [-0.2, 0) is 20.5 Å². The molecule has 1 aromatic rings. The average molecular weight is 282 g/mol. The SMILES string of the molecule is COCC(C)N(C)S(=O)(=O)Cc1ccc(C#N)cc1. The molecule has 19 heavy (non-hydrogen) atoms. The molecule has 0 aliphatic heterocycles. The van der Waals surface area contributed by atoms with Gasteiger partial charge in [-0.3, -0.25) is 0 Å². The van der Waals surface area contributed by atoms with Crippen LogP contribution in [0, 0.1) is 11.3 Å². The fraction of sp³-hybridized carbons (Fsp3) is 0.462. The van der Waals surface area contributed by atoms with Gasteiger partial charge in [0.1, 0.15) is 0 Å². The third-order valence-corrected chi connectivity index (χ3v) is 4.84. The molecule has 6 heteroatoms. The van der Waals surface area contributed by atoms with E-state index in [0.29, 0.717) is 17.7 Å². The van der Waals surface area contributed by atoms with Crippen LogP contribution in [-0.4, -0.2) is 39.5 Å². The van der Waals surface area contributed by atoms with Crippen molar-refractivity contribution in [2.75, 3.05) is 20.8 Å². The number of methoxy groups -OCH3 is 1. The number of likely N-dealkylation sites (N-methyl/N-ethyl adjacent to an activating group) is 1. The van der Waals surface area contributed by atoms with E-state index in [1.807, 2.05) is 6.07 Å². The molecule has 0 radical (unpaired) electrons. The standard InChI is InChI=1S/C13H18N2O3S/c1-11(9-18-3)15(2)19(16,17)10-13-6-4-12(8-14)5-7-13/h4-7,11H,9-10H2,1-3H3. The Morgan fingerprint density at radius 3 is 2.42 bits per heavy atom. The van der Waals surface area contributed by atoms with Crippen molar-refractivity contribution in [3.63, 3.8) is 0 Å². The third-order valence-electron chi connectivity index (χ3n) is 2.90. The maximum absolute atomic E-state index is 12.2. The Morgan fingerprint density at radius 2 is 1.95 bits per heavy atom. The molecule has 0 bridgehead atoms. The Labute approximate surface area is 114 Å². The summed E-state index contributed by atoms with van der Waals surface area (Å²) in [6.45, 7) is 2.14. The van der Waals surface area contributed by atoms with Crippen molar-refractivity contribution >= 4 is 10.0 Å². The van der Waals surface area contributed by atoms with Gasteiger partial charge in [0.2, 0.25) is 10.0 Å². The van der Waals surface area contributed by atoms with Crippen LogP contribution >= 0.6 is 0 Å². The van der Waals surface area contributed by atoms with Crippen molar-refractivity contribution in [2.24, 2.45) is 0 Å². The zero-order valence-corrected chi connectivity index (χ0v) is 12.1. The van der Waals surface area contributed by atoms with E-state index in [0.717, 1.165) is 0 Å². The predicted octanol–water partition coefficient (Wildman–Crippen LogP) is 1.35. The molecule has 0 heterocycles. The molecule has 0 amide bonds. The van der Waals surface area contributed by atoms with Gasteiger partial charge in [0.15, 0.2) is 0 Å². The number of benzene rings is 1. The Balaban J connectivity index is 2.81. The number of hydrogen-bond donors (Lipinski definition) is 0. The number of nitrogens with zero attached hydrogens (tertiary/aromatic N) is 2. The number of ether oxygens (including phenoxy) is 1. The Kier molecular flexibility index (Phi) is 5.48. The van der Waals surface area contributed by atoms with E-state index in [1.54, 1.807) is 38.2 Å². The normalized spacial score (nSPS) is 13.2. The zero-order chi connectivity index (χ0) is 14.5. The molecule has 1 atom stereocenters. The minimum Gasteiger partial charge on any atom is -0.383 e. The van der Waals surface area contributed by atoms with E-state index in [1.165, 1.54) is 11.4 Å². The van der Waals surface area contributed by atoms with Crippen LogP contribution in [0.1, 0.15) is 18.1 Å². The van der Waals surface area contributed by atoms with Gasteiger partial charge >= 0.3 is 0 Å². The van der Waals surface area contributed by atoms with Crippen molar-refractivity contribution in [1.29, 1.82) is 5.26 Å². The fourth-order valence-corrected chi connectivity index (χ4v) is 3.03. The molecular formula is C13H18N2O3S. The van der Waals surface area contributed by atoms with E-state index in [2.05, 4.69) is 0 Å². The summed E-state index contributed by atoms with van der Waals surface area (Å²) in [4.78, 5) is 0. The van der Waals surface area contributed by atoms with Crippen LogP contribution in [0.5, 0.6) is 0 Å². The zero-order valence-electron chi connectivity index (χ0n) is 11.3. The Hall–Kier alpha value is -1.42. The van der Waals surface area contributed by atoms with Gasteiger partial charge < -0.3 is 4.74 Å². The second-order valence-corrected chi connectivity index (χ2v) is 6.41. The summed E-state index contributed by atoms with van der Waals surface area (Å²) in [5.41, 5.74) is 1.18. The van der Waals surface area contributed by atoms with E-state index >= 15 is 0 Å². The van der Waals surface area contributed by atoms with E-state index in [4.69, 9.17) is 10.00 Å². The topological polar surface area (TPSA) is 70.4 Å². The second kappa shape index (κ2) is 6.66. The number of sulfonamides is 1. The lowest BCUT2D eigenvalue weighted by molar-refractivity contribution is 0.149. The average Bonchev–Trinajstić information content (AvgIpc) is 2.38. The highest BCUT2D eigenvalue weighted by molar-refractivity contribution is 7.88. The monoisotopic (exact) mass is 282 g/mol. The predicted molar refractivity (Wildman–Crippen MR) is 72.9 cm³/mol. The lowest BCUT2D eigenvalue weighted by Crippen LogP contribution is -2.38. The molecule has 0 fully saturated rings. The number of nitriles is 1. The van der Waals surface area contributed by atoms with Gasteiger partial charge in [-0.1, -0.05) is 12.1 Å². The highest BCUT2D eigenvalue weighted by atomic mass is 32.2. The van der Waals surface area contributed by atoms with Gasteiger partial charge in [-0.25, -0.2) is 8.42 Å². The summed E-state index contributed by atoms with van der Waals surface area (Å²) in [6.07, 6.45) is 0. The molecule has 1 unspecified atom stereocenters. The highest BCUT2D eigenvalue weighted by Crippen LogP contribution is 2.13. The summed E-state index contributed by atoms with van der Waals surface area (Å²) in [7, 11) is -0.300. The van der Waals surface area contributed by atoms with E-state index < -0.39 is 10.0 Å². The first-order valence-corrected chi connectivity index (χ1v) is 7.45. The molecule has 0 aliphatic carbocycles. The first-order valence-electron chi connectivity index (χ1n) is 5.84. The molecule has 0 aromatic heterocycles. The maximum Gasteiger partial charge on any atom is 0.218 e. The largest absolute Gasteiger partial charge is 0.383 e. The van der Waals surface area contributed by atoms with Crippen molar-refractivity contribution in [3.8, 4) is 6.07 Å². The van der Waals surface area contributed by atoms with Crippen molar-refractivity contribution in [2.45, 2.75) is 18.7 Å². The molecule has 5 nitrogen and oxygen atoms in total.